The summed E-state index contributed by atoms with van der Waals surface area (Å²) in [6.07, 6.45) is 1.21. The lowest BCUT2D eigenvalue weighted by molar-refractivity contribution is -0.112. The molecule has 0 saturated carbocycles. The van der Waals surface area contributed by atoms with Crippen molar-refractivity contribution in [1.29, 1.82) is 5.26 Å². The molecule has 178 valence electrons. The molecule has 0 saturated heterocycles. The number of nitrogens with one attached hydrogen (secondary N) is 1. The number of aryl methyl sites for hydroxylation is 1. The van der Waals surface area contributed by atoms with Crippen LogP contribution in [-0.2, 0) is 14.9 Å². The number of carboxylic acids is 1. The fourth-order valence-electron chi connectivity index (χ4n) is 2.82. The molecular weight excluding hydrogens is 515 g/mol. The summed E-state index contributed by atoms with van der Waals surface area (Å²) >= 11 is 12.4. The largest absolute Gasteiger partial charge is 0.478 e. The van der Waals surface area contributed by atoms with E-state index >= 15 is 0 Å². The van der Waals surface area contributed by atoms with E-state index in [-0.39, 0.29) is 43.1 Å². The standard InChI is InChI=1S/C24H16Cl2N2O6S/c1-14-2-8-19(9-3-14)35(32,33)34-22-20(25)11-15(12-21(22)26)10-17(13-27)23(29)28-18-6-4-16(5-7-18)24(30)31/h2-12H,1H3,(H,28,29)(H,30,31)/b17-10+. The lowest BCUT2D eigenvalue weighted by Crippen LogP contribution is -2.13. The number of carbonyl (C=O) groups excluding carboxylic acids is 1. The van der Waals surface area contributed by atoms with Crippen molar-refractivity contribution in [2.75, 3.05) is 5.32 Å². The van der Waals surface area contributed by atoms with Crippen molar-refractivity contribution in [3.05, 3.63) is 93.0 Å². The Kier molecular flexibility index (Phi) is 7.82. The summed E-state index contributed by atoms with van der Waals surface area (Å²) in [5.74, 6) is -2.18. The zero-order valence-electron chi connectivity index (χ0n) is 18.0. The Labute approximate surface area is 211 Å². The first kappa shape index (κ1) is 25.8. The van der Waals surface area contributed by atoms with Crippen LogP contribution in [-0.4, -0.2) is 25.4 Å². The fraction of sp³-hybridized carbons (Fsp3) is 0.0417. The molecular formula is C24H16Cl2N2O6S. The number of carboxylic acid groups (broad SMARTS) is 1. The monoisotopic (exact) mass is 530 g/mol. The molecule has 0 unspecified atom stereocenters. The Morgan fingerprint density at radius 1 is 1.03 bits per heavy atom. The van der Waals surface area contributed by atoms with Gasteiger partial charge in [-0.05, 0) is 67.1 Å². The molecule has 0 spiro atoms. The number of hydrogen-bond donors (Lipinski definition) is 2. The fourth-order valence-corrected chi connectivity index (χ4v) is 4.45. The number of carbonyl (C=O) groups is 2. The van der Waals surface area contributed by atoms with Crippen LogP contribution >= 0.6 is 23.2 Å². The molecule has 35 heavy (non-hydrogen) atoms. The average Bonchev–Trinajstić information content (AvgIpc) is 2.80. The van der Waals surface area contributed by atoms with Crippen molar-refractivity contribution in [2.24, 2.45) is 0 Å². The predicted octanol–water partition coefficient (Wildman–Crippen LogP) is 5.31. The minimum Gasteiger partial charge on any atom is -0.478 e. The first-order valence-corrected chi connectivity index (χ1v) is 11.9. The third kappa shape index (κ3) is 6.39. The highest BCUT2D eigenvalue weighted by Crippen LogP contribution is 2.37. The molecule has 8 nitrogen and oxygen atoms in total. The molecule has 0 bridgehead atoms. The Morgan fingerprint density at radius 2 is 1.60 bits per heavy atom. The number of benzene rings is 3. The van der Waals surface area contributed by atoms with Crippen LogP contribution in [0.15, 0.2) is 71.1 Å². The summed E-state index contributed by atoms with van der Waals surface area (Å²) in [7, 11) is -4.21. The van der Waals surface area contributed by atoms with E-state index in [2.05, 4.69) is 5.32 Å². The summed E-state index contributed by atoms with van der Waals surface area (Å²) in [6, 6.07) is 15.7. The number of halogens is 2. The molecule has 3 aromatic rings. The van der Waals surface area contributed by atoms with E-state index in [9.17, 15) is 23.3 Å². The molecule has 2 N–H and O–H groups in total. The number of anilines is 1. The van der Waals surface area contributed by atoms with Gasteiger partial charge in [0, 0.05) is 5.69 Å². The van der Waals surface area contributed by atoms with E-state index in [4.69, 9.17) is 32.5 Å². The second-order valence-corrected chi connectivity index (χ2v) is 9.53. The van der Waals surface area contributed by atoms with Crippen LogP contribution < -0.4 is 9.50 Å². The van der Waals surface area contributed by atoms with Crippen LogP contribution in [0.2, 0.25) is 10.0 Å². The van der Waals surface area contributed by atoms with Crippen molar-refractivity contribution >= 4 is 57.0 Å². The first-order valence-electron chi connectivity index (χ1n) is 9.77. The number of rotatable bonds is 7. The Morgan fingerprint density at radius 3 is 2.11 bits per heavy atom. The van der Waals surface area contributed by atoms with Gasteiger partial charge in [0.2, 0.25) is 0 Å². The topological polar surface area (TPSA) is 134 Å². The molecule has 1 amide bonds. The highest BCUT2D eigenvalue weighted by atomic mass is 35.5. The summed E-state index contributed by atoms with van der Waals surface area (Å²) < 4.78 is 30.3. The van der Waals surface area contributed by atoms with Crippen LogP contribution in [0.1, 0.15) is 21.5 Å². The maximum absolute atomic E-state index is 12.6. The molecule has 0 fully saturated rings. The number of hydrogen-bond acceptors (Lipinski definition) is 6. The normalized spacial score (nSPS) is 11.4. The second kappa shape index (κ2) is 10.6. The quantitative estimate of drug-likeness (QED) is 0.240. The molecule has 0 atom stereocenters. The van der Waals surface area contributed by atoms with E-state index in [0.717, 1.165) is 5.56 Å². The third-order valence-corrected chi connectivity index (χ3v) is 6.39. The predicted molar refractivity (Wildman–Crippen MR) is 131 cm³/mol. The molecule has 11 heteroatoms. The van der Waals surface area contributed by atoms with Crippen molar-refractivity contribution in [3.63, 3.8) is 0 Å². The molecule has 0 aliphatic carbocycles. The zero-order valence-corrected chi connectivity index (χ0v) is 20.3. The van der Waals surface area contributed by atoms with Gasteiger partial charge in [-0.3, -0.25) is 4.79 Å². The SMILES string of the molecule is Cc1ccc(S(=O)(=O)Oc2c(Cl)cc(/C=C(\C#N)C(=O)Nc3ccc(C(=O)O)cc3)cc2Cl)cc1. The van der Waals surface area contributed by atoms with E-state index in [1.54, 1.807) is 18.2 Å². The van der Waals surface area contributed by atoms with Gasteiger partial charge in [-0.25, -0.2) is 4.79 Å². The van der Waals surface area contributed by atoms with Crippen LogP contribution in [0.5, 0.6) is 5.75 Å². The van der Waals surface area contributed by atoms with Crippen LogP contribution in [0, 0.1) is 18.3 Å². The van der Waals surface area contributed by atoms with Gasteiger partial charge >= 0.3 is 16.1 Å². The van der Waals surface area contributed by atoms with Crippen molar-refractivity contribution in [3.8, 4) is 11.8 Å². The van der Waals surface area contributed by atoms with Gasteiger partial charge < -0.3 is 14.6 Å². The summed E-state index contributed by atoms with van der Waals surface area (Å²) in [5.41, 5.74) is 1.12. The van der Waals surface area contributed by atoms with Gasteiger partial charge in [0.25, 0.3) is 5.91 Å². The number of amides is 1. The highest BCUT2D eigenvalue weighted by Gasteiger charge is 2.21. The lowest BCUT2D eigenvalue weighted by atomic mass is 10.1. The Balaban J connectivity index is 1.83. The van der Waals surface area contributed by atoms with E-state index in [0.29, 0.717) is 0 Å². The van der Waals surface area contributed by atoms with Crippen molar-refractivity contribution < 1.29 is 27.3 Å². The maximum atomic E-state index is 12.6. The third-order valence-electron chi connectivity index (χ3n) is 4.59. The maximum Gasteiger partial charge on any atom is 0.339 e. The van der Waals surface area contributed by atoms with E-state index < -0.39 is 22.0 Å². The summed E-state index contributed by atoms with van der Waals surface area (Å²) in [4.78, 5) is 23.3. The first-order chi connectivity index (χ1) is 16.5. The van der Waals surface area contributed by atoms with Gasteiger partial charge in [0.15, 0.2) is 5.75 Å². The van der Waals surface area contributed by atoms with Crippen molar-refractivity contribution in [2.45, 2.75) is 11.8 Å². The van der Waals surface area contributed by atoms with Crippen LogP contribution in [0.3, 0.4) is 0 Å². The van der Waals surface area contributed by atoms with Crippen LogP contribution in [0.25, 0.3) is 6.08 Å². The zero-order chi connectivity index (χ0) is 25.8. The summed E-state index contributed by atoms with van der Waals surface area (Å²) in [5, 5.41) is 20.5. The average molecular weight is 531 g/mol. The molecule has 0 aliphatic rings. The van der Waals surface area contributed by atoms with Crippen LogP contribution in [0.4, 0.5) is 5.69 Å². The molecule has 0 radical (unpaired) electrons. The smallest absolute Gasteiger partial charge is 0.339 e. The number of aromatic carboxylic acids is 1. The Hall–Kier alpha value is -3.84. The van der Waals surface area contributed by atoms with Gasteiger partial charge in [-0.1, -0.05) is 40.9 Å². The molecule has 0 heterocycles. The van der Waals surface area contributed by atoms with Gasteiger partial charge in [0.1, 0.15) is 16.5 Å². The number of nitrogens with zero attached hydrogens (tertiary/aromatic N) is 1. The molecule has 3 rings (SSSR count). The van der Waals surface area contributed by atoms with Gasteiger partial charge in [-0.15, -0.1) is 0 Å². The number of nitriles is 1. The minimum absolute atomic E-state index is 0.0371. The lowest BCUT2D eigenvalue weighted by Gasteiger charge is -2.11. The molecule has 3 aromatic carbocycles. The van der Waals surface area contributed by atoms with E-state index in [1.807, 2.05) is 6.92 Å². The summed E-state index contributed by atoms with van der Waals surface area (Å²) in [6.45, 7) is 1.81. The second-order valence-electron chi connectivity index (χ2n) is 7.17. The van der Waals surface area contributed by atoms with Gasteiger partial charge in [-0.2, -0.15) is 13.7 Å². The Bertz CT molecular complexity index is 1450. The highest BCUT2D eigenvalue weighted by molar-refractivity contribution is 7.87. The molecule has 0 aliphatic heterocycles. The minimum atomic E-state index is -4.21. The molecule has 0 aromatic heterocycles. The van der Waals surface area contributed by atoms with Gasteiger partial charge in [0.05, 0.1) is 15.6 Å². The van der Waals surface area contributed by atoms with Crippen molar-refractivity contribution in [1.82, 2.24) is 0 Å². The van der Waals surface area contributed by atoms with E-state index in [1.165, 1.54) is 54.6 Å².